The van der Waals surface area contributed by atoms with Crippen molar-refractivity contribution in [3.8, 4) is 11.5 Å². The van der Waals surface area contributed by atoms with E-state index in [9.17, 15) is 14.3 Å². The first-order valence-corrected chi connectivity index (χ1v) is 8.12. The van der Waals surface area contributed by atoms with Gasteiger partial charge in [0.15, 0.2) is 11.6 Å². The predicted molar refractivity (Wildman–Crippen MR) is 101 cm³/mol. The fourth-order valence-corrected chi connectivity index (χ4v) is 2.42. The van der Waals surface area contributed by atoms with Crippen molar-refractivity contribution in [1.29, 1.82) is 0 Å². The van der Waals surface area contributed by atoms with Gasteiger partial charge in [0.25, 0.3) is 0 Å². The normalized spacial score (nSPS) is 10.2. The lowest BCUT2D eigenvalue weighted by molar-refractivity contribution is 0.0597. The first kappa shape index (κ1) is 18.9. The summed E-state index contributed by atoms with van der Waals surface area (Å²) < 4.78 is 23.9. The lowest BCUT2D eigenvalue weighted by Crippen LogP contribution is -2.06. The minimum absolute atomic E-state index is 0.0337. The SMILES string of the molecule is COC(=O)c1cc(Nc2ncc(F)c(Nc3cccc(O)c3)n2)ccc1OC. The zero-order valence-corrected chi connectivity index (χ0v) is 15.1. The second-order valence-electron chi connectivity index (χ2n) is 5.60. The Balaban J connectivity index is 1.86. The first-order valence-electron chi connectivity index (χ1n) is 8.12. The number of halogens is 1. The molecular formula is C19H17FN4O4. The summed E-state index contributed by atoms with van der Waals surface area (Å²) >= 11 is 0. The molecule has 0 aliphatic heterocycles. The molecule has 0 aliphatic rings. The Kier molecular flexibility index (Phi) is 5.54. The predicted octanol–water partition coefficient (Wildman–Crippen LogP) is 3.60. The van der Waals surface area contributed by atoms with Gasteiger partial charge in [-0.25, -0.2) is 14.2 Å². The summed E-state index contributed by atoms with van der Waals surface area (Å²) in [6.45, 7) is 0. The lowest BCUT2D eigenvalue weighted by atomic mass is 10.2. The monoisotopic (exact) mass is 384 g/mol. The number of hydrogen-bond acceptors (Lipinski definition) is 8. The van der Waals surface area contributed by atoms with Gasteiger partial charge in [-0.2, -0.15) is 4.98 Å². The molecule has 28 heavy (non-hydrogen) atoms. The van der Waals surface area contributed by atoms with Crippen molar-refractivity contribution in [2.75, 3.05) is 24.9 Å². The largest absolute Gasteiger partial charge is 0.508 e. The van der Waals surface area contributed by atoms with Crippen LogP contribution in [0.4, 0.5) is 27.5 Å². The van der Waals surface area contributed by atoms with Gasteiger partial charge < -0.3 is 25.2 Å². The number of rotatable bonds is 6. The molecule has 0 atom stereocenters. The molecule has 144 valence electrons. The van der Waals surface area contributed by atoms with E-state index in [-0.39, 0.29) is 23.1 Å². The zero-order chi connectivity index (χ0) is 20.1. The molecule has 0 saturated carbocycles. The maximum Gasteiger partial charge on any atom is 0.341 e. The summed E-state index contributed by atoms with van der Waals surface area (Å²) in [4.78, 5) is 19.9. The number of ether oxygens (including phenoxy) is 2. The molecule has 3 rings (SSSR count). The van der Waals surface area contributed by atoms with Crippen LogP contribution in [0.3, 0.4) is 0 Å². The Labute approximate surface area is 160 Å². The van der Waals surface area contributed by atoms with Gasteiger partial charge in [-0.05, 0) is 30.3 Å². The van der Waals surface area contributed by atoms with Crippen molar-refractivity contribution in [1.82, 2.24) is 9.97 Å². The van der Waals surface area contributed by atoms with Crippen LogP contribution in [0.1, 0.15) is 10.4 Å². The number of phenols is 1. The number of nitrogens with one attached hydrogen (secondary N) is 2. The van der Waals surface area contributed by atoms with E-state index in [1.807, 2.05) is 0 Å². The summed E-state index contributed by atoms with van der Waals surface area (Å²) in [5, 5.41) is 15.2. The first-order chi connectivity index (χ1) is 13.5. The molecule has 0 spiro atoms. The minimum atomic E-state index is -0.668. The fourth-order valence-electron chi connectivity index (χ4n) is 2.42. The number of nitrogens with zero attached hydrogens (tertiary/aromatic N) is 2. The molecule has 0 fully saturated rings. The molecule has 1 aromatic heterocycles. The second-order valence-corrected chi connectivity index (χ2v) is 5.60. The third-order valence-corrected chi connectivity index (χ3v) is 3.71. The van der Waals surface area contributed by atoms with E-state index < -0.39 is 11.8 Å². The number of carbonyl (C=O) groups excluding carboxylic acids is 1. The molecule has 9 heteroatoms. The number of esters is 1. The Morgan fingerprint density at radius 2 is 1.89 bits per heavy atom. The maximum atomic E-state index is 14.1. The molecule has 3 N–H and O–H groups in total. The molecule has 2 aromatic carbocycles. The average Bonchev–Trinajstić information content (AvgIpc) is 2.70. The minimum Gasteiger partial charge on any atom is -0.508 e. The summed E-state index contributed by atoms with van der Waals surface area (Å²) in [6.07, 6.45) is 1.01. The lowest BCUT2D eigenvalue weighted by Gasteiger charge is -2.12. The topological polar surface area (TPSA) is 106 Å². The van der Waals surface area contributed by atoms with Gasteiger partial charge in [-0.3, -0.25) is 0 Å². The number of aromatic nitrogens is 2. The second kappa shape index (κ2) is 8.21. The Bertz CT molecular complexity index is 1010. The summed E-state index contributed by atoms with van der Waals surface area (Å²) in [6, 6.07) is 10.9. The highest BCUT2D eigenvalue weighted by atomic mass is 19.1. The van der Waals surface area contributed by atoms with Crippen LogP contribution < -0.4 is 15.4 Å². The van der Waals surface area contributed by atoms with Gasteiger partial charge in [0.1, 0.15) is 17.1 Å². The van der Waals surface area contributed by atoms with Crippen molar-refractivity contribution >= 4 is 29.1 Å². The number of hydrogen-bond donors (Lipinski definition) is 3. The highest BCUT2D eigenvalue weighted by Gasteiger charge is 2.14. The molecule has 0 unspecified atom stereocenters. The number of benzene rings is 2. The van der Waals surface area contributed by atoms with Crippen LogP contribution in [0.2, 0.25) is 0 Å². The Morgan fingerprint density at radius 3 is 2.61 bits per heavy atom. The van der Waals surface area contributed by atoms with Crippen molar-refractivity contribution in [3.63, 3.8) is 0 Å². The molecule has 0 bridgehead atoms. The Hall–Kier alpha value is -3.88. The number of aromatic hydroxyl groups is 1. The van der Waals surface area contributed by atoms with Crippen LogP contribution in [0, 0.1) is 5.82 Å². The van der Waals surface area contributed by atoms with Crippen molar-refractivity contribution < 1.29 is 23.8 Å². The van der Waals surface area contributed by atoms with Crippen LogP contribution >= 0.6 is 0 Å². The zero-order valence-electron chi connectivity index (χ0n) is 15.1. The summed E-state index contributed by atoms with van der Waals surface area (Å²) in [7, 11) is 2.71. The molecule has 0 radical (unpaired) electrons. The van der Waals surface area contributed by atoms with Crippen LogP contribution in [0.5, 0.6) is 11.5 Å². The third-order valence-electron chi connectivity index (χ3n) is 3.71. The van der Waals surface area contributed by atoms with E-state index in [2.05, 4.69) is 20.6 Å². The summed E-state index contributed by atoms with van der Waals surface area (Å²) in [5.41, 5.74) is 1.16. The smallest absolute Gasteiger partial charge is 0.341 e. The van der Waals surface area contributed by atoms with Gasteiger partial charge in [0.2, 0.25) is 5.95 Å². The number of anilines is 4. The van der Waals surface area contributed by atoms with Gasteiger partial charge in [0.05, 0.1) is 20.4 Å². The van der Waals surface area contributed by atoms with Crippen molar-refractivity contribution in [2.45, 2.75) is 0 Å². The van der Waals surface area contributed by atoms with E-state index in [0.29, 0.717) is 17.1 Å². The molecule has 0 amide bonds. The van der Waals surface area contributed by atoms with E-state index in [4.69, 9.17) is 9.47 Å². The number of phenolic OH excluding ortho intramolecular Hbond substituents is 1. The van der Waals surface area contributed by atoms with E-state index in [1.54, 1.807) is 24.3 Å². The number of methoxy groups -OCH3 is 2. The average molecular weight is 384 g/mol. The Morgan fingerprint density at radius 1 is 1.11 bits per heavy atom. The fraction of sp³-hybridized carbons (Fsp3) is 0.105. The third kappa shape index (κ3) is 4.26. The van der Waals surface area contributed by atoms with Crippen LogP contribution in [0.25, 0.3) is 0 Å². The molecular weight excluding hydrogens is 367 g/mol. The van der Waals surface area contributed by atoms with Crippen molar-refractivity contribution in [3.05, 3.63) is 60.0 Å². The van der Waals surface area contributed by atoms with Crippen LogP contribution in [-0.2, 0) is 4.74 Å². The standard InChI is InChI=1S/C19H17FN4O4/c1-27-16-7-6-12(9-14(16)18(26)28-2)23-19-21-10-15(20)17(24-19)22-11-4-3-5-13(25)8-11/h3-10,25H,1-2H3,(H2,21,22,23,24). The summed E-state index contributed by atoms with van der Waals surface area (Å²) in [5.74, 6) is -0.824. The van der Waals surface area contributed by atoms with E-state index >= 15 is 0 Å². The van der Waals surface area contributed by atoms with Gasteiger partial charge in [-0.1, -0.05) is 6.07 Å². The highest BCUT2D eigenvalue weighted by Crippen LogP contribution is 2.26. The number of carbonyl (C=O) groups is 1. The molecule has 8 nitrogen and oxygen atoms in total. The molecule has 0 aliphatic carbocycles. The highest BCUT2D eigenvalue weighted by molar-refractivity contribution is 5.93. The van der Waals surface area contributed by atoms with E-state index in [0.717, 1.165) is 6.20 Å². The molecule has 0 saturated heterocycles. The van der Waals surface area contributed by atoms with Crippen molar-refractivity contribution in [2.24, 2.45) is 0 Å². The van der Waals surface area contributed by atoms with Gasteiger partial charge >= 0.3 is 5.97 Å². The molecule has 3 aromatic rings. The van der Waals surface area contributed by atoms with E-state index in [1.165, 1.54) is 32.4 Å². The van der Waals surface area contributed by atoms with Gasteiger partial charge in [0, 0.05) is 17.4 Å². The van der Waals surface area contributed by atoms with Crippen LogP contribution in [-0.4, -0.2) is 35.3 Å². The van der Waals surface area contributed by atoms with Gasteiger partial charge in [-0.15, -0.1) is 0 Å². The van der Waals surface area contributed by atoms with Crippen LogP contribution in [0.15, 0.2) is 48.7 Å². The maximum absolute atomic E-state index is 14.1. The quantitative estimate of drug-likeness (QED) is 0.554. The molecule has 1 heterocycles.